The Hall–Kier alpha value is -2.93. The number of para-hydroxylation sites is 1. The van der Waals surface area contributed by atoms with Crippen LogP contribution in [0, 0.1) is 0 Å². The topological polar surface area (TPSA) is 69.0 Å². The van der Waals surface area contributed by atoms with Gasteiger partial charge >= 0.3 is 0 Å². The molecule has 0 amide bonds. The molecule has 0 saturated carbocycles. The zero-order valence-electron chi connectivity index (χ0n) is 14.5. The summed E-state index contributed by atoms with van der Waals surface area (Å²) in [6.45, 7) is 0.0771. The van der Waals surface area contributed by atoms with Gasteiger partial charge in [0.05, 0.1) is 37.6 Å². The molecule has 1 heterocycles. The normalized spacial score (nSPS) is 11.2. The second-order valence-corrected chi connectivity index (χ2v) is 7.31. The van der Waals surface area contributed by atoms with E-state index in [4.69, 9.17) is 13.9 Å². The molecular formula is C19H19NO5S. The van der Waals surface area contributed by atoms with Gasteiger partial charge in [0.25, 0.3) is 10.0 Å². The average molecular weight is 373 g/mol. The molecule has 0 bridgehead atoms. The van der Waals surface area contributed by atoms with Gasteiger partial charge in [-0.25, -0.2) is 8.42 Å². The smallest absolute Gasteiger partial charge is 0.264 e. The van der Waals surface area contributed by atoms with Crippen LogP contribution in [0.5, 0.6) is 11.5 Å². The van der Waals surface area contributed by atoms with Crippen molar-refractivity contribution >= 4 is 15.7 Å². The minimum atomic E-state index is -3.85. The molecule has 136 valence electrons. The van der Waals surface area contributed by atoms with E-state index in [9.17, 15) is 8.42 Å². The van der Waals surface area contributed by atoms with Gasteiger partial charge in [-0.15, -0.1) is 0 Å². The van der Waals surface area contributed by atoms with E-state index in [1.54, 1.807) is 42.5 Å². The van der Waals surface area contributed by atoms with Crippen LogP contribution < -0.4 is 13.8 Å². The summed E-state index contributed by atoms with van der Waals surface area (Å²) in [5.74, 6) is 1.35. The highest BCUT2D eigenvalue weighted by atomic mass is 32.2. The number of sulfonamides is 1. The van der Waals surface area contributed by atoms with E-state index >= 15 is 0 Å². The molecule has 2 aromatic carbocycles. The summed E-state index contributed by atoms with van der Waals surface area (Å²) >= 11 is 0. The highest BCUT2D eigenvalue weighted by Gasteiger charge is 2.27. The fraction of sp³-hybridized carbons (Fsp3) is 0.158. The second-order valence-electron chi connectivity index (χ2n) is 5.44. The number of rotatable bonds is 7. The lowest BCUT2D eigenvalue weighted by Crippen LogP contribution is -2.30. The summed E-state index contributed by atoms with van der Waals surface area (Å²) in [5, 5.41) is 0. The molecule has 1 aromatic heterocycles. The number of hydrogen-bond acceptors (Lipinski definition) is 5. The number of ether oxygens (including phenoxy) is 2. The van der Waals surface area contributed by atoms with E-state index in [1.807, 2.05) is 6.07 Å². The predicted octanol–water partition coefficient (Wildman–Crippen LogP) is 3.69. The van der Waals surface area contributed by atoms with Crippen molar-refractivity contribution in [2.75, 3.05) is 18.5 Å². The van der Waals surface area contributed by atoms with Crippen LogP contribution >= 0.6 is 0 Å². The van der Waals surface area contributed by atoms with Crippen molar-refractivity contribution < 1.29 is 22.3 Å². The number of nitrogens with zero attached hydrogens (tertiary/aromatic N) is 1. The lowest BCUT2D eigenvalue weighted by atomic mass is 10.3. The van der Waals surface area contributed by atoms with Gasteiger partial charge in [-0.3, -0.25) is 4.31 Å². The van der Waals surface area contributed by atoms with Crippen LogP contribution in [0.1, 0.15) is 5.76 Å². The summed E-state index contributed by atoms with van der Waals surface area (Å²) in [5.41, 5.74) is 0.540. The SMILES string of the molecule is COc1ccc(S(=O)(=O)N(Cc2ccco2)c2ccccc2)cc1OC. The molecule has 0 radical (unpaired) electrons. The van der Waals surface area contributed by atoms with Crippen LogP contribution in [0.25, 0.3) is 0 Å². The molecule has 3 aromatic rings. The van der Waals surface area contributed by atoms with E-state index in [1.165, 1.54) is 36.9 Å². The van der Waals surface area contributed by atoms with Crippen LogP contribution in [0.4, 0.5) is 5.69 Å². The maximum absolute atomic E-state index is 13.3. The largest absolute Gasteiger partial charge is 0.493 e. The summed E-state index contributed by atoms with van der Waals surface area (Å²) in [6.07, 6.45) is 1.52. The average Bonchev–Trinajstić information content (AvgIpc) is 3.19. The van der Waals surface area contributed by atoms with Crippen molar-refractivity contribution in [1.29, 1.82) is 0 Å². The first-order chi connectivity index (χ1) is 12.6. The highest BCUT2D eigenvalue weighted by molar-refractivity contribution is 7.92. The standard InChI is InChI=1S/C19H19NO5S/c1-23-18-11-10-17(13-19(18)24-2)26(21,22)20(14-16-9-6-12-25-16)15-7-4-3-5-8-15/h3-13H,14H2,1-2H3. The van der Waals surface area contributed by atoms with E-state index in [-0.39, 0.29) is 11.4 Å². The van der Waals surface area contributed by atoms with Gasteiger partial charge in [0.2, 0.25) is 0 Å². The summed E-state index contributed by atoms with van der Waals surface area (Å²) in [6, 6.07) is 16.9. The lowest BCUT2D eigenvalue weighted by Gasteiger charge is -2.24. The zero-order chi connectivity index (χ0) is 18.6. The van der Waals surface area contributed by atoms with Gasteiger partial charge in [-0.05, 0) is 36.4 Å². The molecule has 0 aliphatic rings. The van der Waals surface area contributed by atoms with E-state index in [0.717, 1.165) is 0 Å². The fourth-order valence-electron chi connectivity index (χ4n) is 2.56. The Bertz CT molecular complexity index is 953. The molecule has 0 N–H and O–H groups in total. The van der Waals surface area contributed by atoms with Crippen molar-refractivity contribution in [2.24, 2.45) is 0 Å². The lowest BCUT2D eigenvalue weighted by molar-refractivity contribution is 0.354. The molecule has 7 heteroatoms. The molecule has 26 heavy (non-hydrogen) atoms. The molecule has 3 rings (SSSR count). The van der Waals surface area contributed by atoms with Crippen LogP contribution in [0.2, 0.25) is 0 Å². The van der Waals surface area contributed by atoms with Gasteiger partial charge in [0.1, 0.15) is 5.76 Å². The Balaban J connectivity index is 2.07. The van der Waals surface area contributed by atoms with Gasteiger partial charge in [-0.1, -0.05) is 18.2 Å². The summed E-state index contributed by atoms with van der Waals surface area (Å²) in [7, 11) is -0.886. The second kappa shape index (κ2) is 7.53. The van der Waals surface area contributed by atoms with Crippen LogP contribution in [-0.2, 0) is 16.6 Å². The van der Waals surface area contributed by atoms with Gasteiger partial charge in [0, 0.05) is 6.07 Å². The third kappa shape index (κ3) is 3.52. The zero-order valence-corrected chi connectivity index (χ0v) is 15.3. The maximum Gasteiger partial charge on any atom is 0.264 e. The van der Waals surface area contributed by atoms with Crippen molar-refractivity contribution in [3.05, 3.63) is 72.7 Å². The van der Waals surface area contributed by atoms with Crippen LogP contribution in [0.15, 0.2) is 76.2 Å². The Morgan fingerprint density at radius 3 is 2.27 bits per heavy atom. The molecule has 0 atom stereocenters. The number of furan rings is 1. The number of benzene rings is 2. The van der Waals surface area contributed by atoms with Gasteiger partial charge < -0.3 is 13.9 Å². The Kier molecular flexibility index (Phi) is 5.18. The van der Waals surface area contributed by atoms with Crippen LogP contribution in [0.3, 0.4) is 0 Å². The molecule has 0 aliphatic heterocycles. The molecule has 0 spiro atoms. The number of hydrogen-bond donors (Lipinski definition) is 0. The van der Waals surface area contributed by atoms with Crippen molar-refractivity contribution in [1.82, 2.24) is 0 Å². The number of anilines is 1. The molecule has 0 unspecified atom stereocenters. The predicted molar refractivity (Wildman–Crippen MR) is 98.1 cm³/mol. The Morgan fingerprint density at radius 1 is 0.923 bits per heavy atom. The third-order valence-corrected chi connectivity index (χ3v) is 5.64. The first-order valence-electron chi connectivity index (χ1n) is 7.88. The van der Waals surface area contributed by atoms with Crippen molar-refractivity contribution in [3.63, 3.8) is 0 Å². The molecule has 0 aliphatic carbocycles. The molecular weight excluding hydrogens is 354 g/mol. The summed E-state index contributed by atoms with van der Waals surface area (Å²) in [4.78, 5) is 0.102. The minimum absolute atomic E-state index is 0.0771. The monoisotopic (exact) mass is 373 g/mol. The Labute approximate surface area is 152 Å². The number of methoxy groups -OCH3 is 2. The van der Waals surface area contributed by atoms with Crippen molar-refractivity contribution in [3.8, 4) is 11.5 Å². The first-order valence-corrected chi connectivity index (χ1v) is 9.32. The molecule has 6 nitrogen and oxygen atoms in total. The van der Waals surface area contributed by atoms with Gasteiger partial charge in [-0.2, -0.15) is 0 Å². The van der Waals surface area contributed by atoms with E-state index < -0.39 is 10.0 Å². The maximum atomic E-state index is 13.3. The van der Waals surface area contributed by atoms with E-state index in [2.05, 4.69) is 0 Å². The fourth-order valence-corrected chi connectivity index (χ4v) is 4.00. The first kappa shape index (κ1) is 17.9. The molecule has 0 saturated heterocycles. The van der Waals surface area contributed by atoms with Crippen molar-refractivity contribution in [2.45, 2.75) is 11.4 Å². The van der Waals surface area contributed by atoms with Gasteiger partial charge in [0.15, 0.2) is 11.5 Å². The van der Waals surface area contributed by atoms with Crippen LogP contribution in [-0.4, -0.2) is 22.6 Å². The minimum Gasteiger partial charge on any atom is -0.493 e. The quantitative estimate of drug-likeness (QED) is 0.632. The highest BCUT2D eigenvalue weighted by Crippen LogP contribution is 2.32. The molecule has 0 fully saturated rings. The summed E-state index contributed by atoms with van der Waals surface area (Å²) < 4.78 is 43.7. The van der Waals surface area contributed by atoms with E-state index in [0.29, 0.717) is 22.9 Å². The Morgan fingerprint density at radius 2 is 1.65 bits per heavy atom. The third-order valence-electron chi connectivity index (χ3n) is 3.87.